The molecule has 3 atom stereocenters. The highest BCUT2D eigenvalue weighted by Crippen LogP contribution is 2.53. The molecule has 2 bridgehead atoms. The lowest BCUT2D eigenvalue weighted by atomic mass is 9.72. The van der Waals surface area contributed by atoms with E-state index in [-0.39, 0.29) is 0 Å². The van der Waals surface area contributed by atoms with Crippen LogP contribution in [0.2, 0.25) is 0 Å². The van der Waals surface area contributed by atoms with Crippen LogP contribution in [0.25, 0.3) is 11.1 Å². The van der Waals surface area contributed by atoms with Crippen LogP contribution < -0.4 is 4.74 Å². The lowest BCUT2D eigenvalue weighted by Gasteiger charge is -2.43. The summed E-state index contributed by atoms with van der Waals surface area (Å²) in [5.41, 5.74) is 6.64. The van der Waals surface area contributed by atoms with E-state index in [9.17, 15) is 0 Å². The highest BCUT2D eigenvalue weighted by atomic mass is 16.5. The van der Waals surface area contributed by atoms with E-state index < -0.39 is 0 Å². The monoisotopic (exact) mass is 457 g/mol. The summed E-state index contributed by atoms with van der Waals surface area (Å²) >= 11 is 0. The van der Waals surface area contributed by atoms with Gasteiger partial charge in [-0.2, -0.15) is 0 Å². The van der Waals surface area contributed by atoms with Crippen LogP contribution in [0, 0.1) is 5.92 Å². The van der Waals surface area contributed by atoms with E-state index >= 15 is 0 Å². The van der Waals surface area contributed by atoms with Gasteiger partial charge < -0.3 is 4.74 Å². The first kappa shape index (κ1) is 21.0. The molecule has 0 spiro atoms. The number of benzene rings is 4. The van der Waals surface area contributed by atoms with Crippen LogP contribution in [0.1, 0.15) is 48.3 Å². The second-order valence-corrected chi connectivity index (χ2v) is 10.5. The van der Waals surface area contributed by atoms with Gasteiger partial charge in [0.15, 0.2) is 0 Å². The Hall–Kier alpha value is -3.36. The van der Waals surface area contributed by atoms with E-state index in [0.717, 1.165) is 18.0 Å². The van der Waals surface area contributed by atoms with Crippen molar-refractivity contribution in [1.82, 2.24) is 4.90 Å². The maximum Gasteiger partial charge on any atom is 0.131 e. The maximum absolute atomic E-state index is 6.52. The van der Waals surface area contributed by atoms with Gasteiger partial charge in [0, 0.05) is 35.7 Å². The third kappa shape index (κ3) is 3.77. The Labute approximate surface area is 208 Å². The molecule has 174 valence electrons. The average molecular weight is 458 g/mol. The van der Waals surface area contributed by atoms with Gasteiger partial charge in [-0.15, -0.1) is 0 Å². The molecule has 2 heteroatoms. The molecule has 4 aromatic carbocycles. The van der Waals surface area contributed by atoms with Crippen LogP contribution in [-0.4, -0.2) is 17.0 Å². The summed E-state index contributed by atoms with van der Waals surface area (Å²) in [6, 6.07) is 38.6. The molecule has 0 radical (unpaired) electrons. The van der Waals surface area contributed by atoms with Crippen LogP contribution in [-0.2, 0) is 6.54 Å². The van der Waals surface area contributed by atoms with E-state index in [1.807, 2.05) is 0 Å². The largest absolute Gasteiger partial charge is 0.457 e. The Bertz CT molecular complexity index is 1320. The van der Waals surface area contributed by atoms with Crippen molar-refractivity contribution in [2.24, 2.45) is 5.92 Å². The number of hydrogen-bond donors (Lipinski definition) is 0. The van der Waals surface area contributed by atoms with Crippen molar-refractivity contribution in [2.45, 2.75) is 50.2 Å². The fourth-order valence-electron chi connectivity index (χ4n) is 6.95. The number of hydrogen-bond acceptors (Lipinski definition) is 2. The summed E-state index contributed by atoms with van der Waals surface area (Å²) in [7, 11) is 0. The van der Waals surface area contributed by atoms with E-state index in [1.165, 1.54) is 53.5 Å². The van der Waals surface area contributed by atoms with Gasteiger partial charge >= 0.3 is 0 Å². The summed E-state index contributed by atoms with van der Waals surface area (Å²) in [4.78, 5) is 2.80. The molecule has 4 aromatic rings. The van der Waals surface area contributed by atoms with Crippen molar-refractivity contribution >= 4 is 0 Å². The zero-order valence-corrected chi connectivity index (χ0v) is 20.0. The quantitative estimate of drug-likeness (QED) is 0.307. The zero-order valence-electron chi connectivity index (χ0n) is 20.0. The molecule has 2 saturated heterocycles. The topological polar surface area (TPSA) is 12.5 Å². The third-order valence-corrected chi connectivity index (χ3v) is 8.53. The summed E-state index contributed by atoms with van der Waals surface area (Å²) in [6.07, 6.45) is 5.20. The fourth-order valence-corrected chi connectivity index (χ4v) is 6.95. The Morgan fingerprint density at radius 1 is 0.629 bits per heavy atom. The van der Waals surface area contributed by atoms with Crippen molar-refractivity contribution in [3.63, 3.8) is 0 Å². The smallest absolute Gasteiger partial charge is 0.131 e. The Kier molecular flexibility index (Phi) is 5.21. The maximum atomic E-state index is 6.52. The molecule has 0 saturated carbocycles. The highest BCUT2D eigenvalue weighted by molar-refractivity contribution is 5.68. The molecule has 0 aromatic heterocycles. The number of fused-ring (bicyclic) bond motifs is 4. The van der Waals surface area contributed by atoms with E-state index in [1.54, 1.807) is 0 Å². The van der Waals surface area contributed by atoms with Crippen LogP contribution in [0.5, 0.6) is 11.5 Å². The van der Waals surface area contributed by atoms with Gasteiger partial charge in [0.1, 0.15) is 11.5 Å². The number of piperidine rings is 1. The molecule has 2 nitrogen and oxygen atoms in total. The molecule has 3 aliphatic rings. The molecule has 3 aliphatic heterocycles. The summed E-state index contributed by atoms with van der Waals surface area (Å²) in [6.45, 7) is 1.09. The lowest BCUT2D eigenvalue weighted by Crippen LogP contribution is -2.43. The molecular weight excluding hydrogens is 426 g/mol. The fraction of sp³-hybridized carbons (Fsp3) is 0.273. The molecule has 2 fully saturated rings. The first-order valence-corrected chi connectivity index (χ1v) is 13.1. The predicted molar refractivity (Wildman–Crippen MR) is 142 cm³/mol. The second-order valence-electron chi connectivity index (χ2n) is 10.5. The SMILES string of the molecule is c1ccc(CN2C3CCC2CC(C2c4ccccc4Oc4cc(-c5ccccc5)ccc42)C3)cc1. The van der Waals surface area contributed by atoms with Gasteiger partial charge in [-0.25, -0.2) is 0 Å². The Morgan fingerprint density at radius 3 is 2.06 bits per heavy atom. The van der Waals surface area contributed by atoms with Crippen molar-refractivity contribution in [2.75, 3.05) is 0 Å². The molecule has 35 heavy (non-hydrogen) atoms. The molecule has 0 amide bonds. The number of ether oxygens (including phenoxy) is 1. The van der Waals surface area contributed by atoms with Gasteiger partial charge in [-0.05, 0) is 60.4 Å². The normalized spacial score (nSPS) is 24.9. The van der Waals surface area contributed by atoms with Crippen LogP contribution in [0.4, 0.5) is 0 Å². The minimum absolute atomic E-state index is 0.404. The molecular formula is C33H31NO. The van der Waals surface area contributed by atoms with E-state index in [4.69, 9.17) is 4.74 Å². The average Bonchev–Trinajstić information content (AvgIpc) is 3.14. The predicted octanol–water partition coefficient (Wildman–Crippen LogP) is 8.03. The first-order valence-electron chi connectivity index (χ1n) is 13.1. The zero-order chi connectivity index (χ0) is 23.2. The molecule has 0 aliphatic carbocycles. The van der Waals surface area contributed by atoms with Crippen molar-refractivity contribution in [1.29, 1.82) is 0 Å². The van der Waals surface area contributed by atoms with Gasteiger partial charge in [0.2, 0.25) is 0 Å². The number of rotatable bonds is 4. The number of para-hydroxylation sites is 1. The minimum atomic E-state index is 0.404. The Balaban J connectivity index is 1.22. The van der Waals surface area contributed by atoms with Gasteiger partial charge in [0.25, 0.3) is 0 Å². The van der Waals surface area contributed by atoms with Crippen LogP contribution in [0.15, 0.2) is 103 Å². The molecule has 3 unspecified atom stereocenters. The number of nitrogens with zero attached hydrogens (tertiary/aromatic N) is 1. The van der Waals surface area contributed by atoms with Gasteiger partial charge in [-0.3, -0.25) is 4.90 Å². The van der Waals surface area contributed by atoms with Crippen molar-refractivity contribution in [3.05, 3.63) is 120 Å². The Morgan fingerprint density at radius 2 is 1.29 bits per heavy atom. The van der Waals surface area contributed by atoms with Crippen molar-refractivity contribution < 1.29 is 4.74 Å². The third-order valence-electron chi connectivity index (χ3n) is 8.53. The summed E-state index contributed by atoms with van der Waals surface area (Å²) in [5.74, 6) is 3.12. The summed E-state index contributed by atoms with van der Waals surface area (Å²) < 4.78 is 6.52. The van der Waals surface area contributed by atoms with Crippen molar-refractivity contribution in [3.8, 4) is 22.6 Å². The van der Waals surface area contributed by atoms with Gasteiger partial charge in [-0.1, -0.05) is 91.0 Å². The van der Waals surface area contributed by atoms with Gasteiger partial charge in [0.05, 0.1) is 0 Å². The van der Waals surface area contributed by atoms with Crippen LogP contribution >= 0.6 is 0 Å². The molecule has 3 heterocycles. The summed E-state index contributed by atoms with van der Waals surface area (Å²) in [5, 5.41) is 0. The first-order chi connectivity index (χ1) is 17.3. The highest BCUT2D eigenvalue weighted by Gasteiger charge is 2.45. The van der Waals surface area contributed by atoms with Crippen LogP contribution in [0.3, 0.4) is 0 Å². The lowest BCUT2D eigenvalue weighted by molar-refractivity contribution is 0.0889. The van der Waals surface area contributed by atoms with E-state index in [2.05, 4.69) is 108 Å². The minimum Gasteiger partial charge on any atom is -0.457 e. The van der Waals surface area contributed by atoms with E-state index in [0.29, 0.717) is 23.9 Å². The molecule has 0 N–H and O–H groups in total. The second kappa shape index (κ2) is 8.70. The molecule has 7 rings (SSSR count). The standard InChI is InChI=1S/C33H31NO/c1-3-9-23(10-4-1)22-34-27-16-17-28(34)20-26(19-27)33-29-13-7-8-14-31(29)35-32-21-25(15-18-30(32)33)24-11-5-2-6-12-24/h1-15,18,21,26-28,33H,16-17,19-20,22H2.